The summed E-state index contributed by atoms with van der Waals surface area (Å²) in [6.45, 7) is 4.41. The fourth-order valence-corrected chi connectivity index (χ4v) is 1.93. The lowest BCUT2D eigenvalue weighted by Gasteiger charge is -2.29. The SMILES string of the molecule is CC(C)N(CCC#N)c1ccc(Cl)cc1C(=O)O. The Morgan fingerprint density at radius 3 is 2.72 bits per heavy atom. The van der Waals surface area contributed by atoms with Crippen molar-refractivity contribution in [1.82, 2.24) is 0 Å². The summed E-state index contributed by atoms with van der Waals surface area (Å²) in [4.78, 5) is 13.1. The van der Waals surface area contributed by atoms with E-state index in [0.717, 1.165) is 0 Å². The summed E-state index contributed by atoms with van der Waals surface area (Å²) in [5.74, 6) is -1.02. The molecule has 0 aliphatic carbocycles. The highest BCUT2D eigenvalue weighted by molar-refractivity contribution is 6.31. The second kappa shape index (κ2) is 6.27. The molecule has 0 bridgehead atoms. The Kier molecular flexibility index (Phi) is 4.99. The first-order valence-corrected chi connectivity index (χ1v) is 6.01. The van der Waals surface area contributed by atoms with Crippen LogP contribution in [0.1, 0.15) is 30.6 Å². The van der Waals surface area contributed by atoms with Crippen molar-refractivity contribution in [2.75, 3.05) is 11.4 Å². The van der Waals surface area contributed by atoms with Crippen LogP contribution in [-0.4, -0.2) is 23.7 Å². The van der Waals surface area contributed by atoms with Gasteiger partial charge >= 0.3 is 5.97 Å². The van der Waals surface area contributed by atoms with E-state index in [2.05, 4.69) is 6.07 Å². The first-order chi connectivity index (χ1) is 8.47. The van der Waals surface area contributed by atoms with Gasteiger partial charge in [-0.25, -0.2) is 4.79 Å². The number of aromatic carboxylic acids is 1. The van der Waals surface area contributed by atoms with Gasteiger partial charge in [-0.15, -0.1) is 0 Å². The number of rotatable bonds is 5. The Balaban J connectivity index is 3.19. The molecule has 4 nitrogen and oxygen atoms in total. The van der Waals surface area contributed by atoms with Crippen LogP contribution in [0.15, 0.2) is 18.2 Å². The lowest BCUT2D eigenvalue weighted by molar-refractivity contribution is 0.0697. The molecule has 0 saturated heterocycles. The maximum atomic E-state index is 11.2. The number of carbonyl (C=O) groups is 1. The van der Waals surface area contributed by atoms with Gasteiger partial charge in [0, 0.05) is 17.6 Å². The number of hydrogen-bond acceptors (Lipinski definition) is 3. The number of nitrogens with zero attached hydrogens (tertiary/aromatic N) is 2. The van der Waals surface area contributed by atoms with Crippen LogP contribution in [0.4, 0.5) is 5.69 Å². The number of nitriles is 1. The predicted octanol–water partition coefficient (Wildman–Crippen LogP) is 3.17. The van der Waals surface area contributed by atoms with Crippen LogP contribution in [0.2, 0.25) is 5.02 Å². The molecule has 0 aromatic heterocycles. The van der Waals surface area contributed by atoms with Gasteiger partial charge in [-0.05, 0) is 32.0 Å². The Bertz CT molecular complexity index is 480. The van der Waals surface area contributed by atoms with Crippen molar-refractivity contribution in [1.29, 1.82) is 5.26 Å². The van der Waals surface area contributed by atoms with E-state index in [1.54, 1.807) is 12.1 Å². The van der Waals surface area contributed by atoms with Gasteiger partial charge in [0.1, 0.15) is 0 Å². The van der Waals surface area contributed by atoms with E-state index in [1.165, 1.54) is 6.07 Å². The van der Waals surface area contributed by atoms with Crippen LogP contribution in [0.25, 0.3) is 0 Å². The Morgan fingerprint density at radius 1 is 1.56 bits per heavy atom. The molecule has 1 rings (SSSR count). The highest BCUT2D eigenvalue weighted by Gasteiger charge is 2.18. The molecular weight excluding hydrogens is 252 g/mol. The molecule has 0 fully saturated rings. The normalized spacial score (nSPS) is 10.2. The van der Waals surface area contributed by atoms with E-state index >= 15 is 0 Å². The molecule has 0 aliphatic heterocycles. The molecular formula is C13H15ClN2O2. The molecule has 0 unspecified atom stereocenters. The number of hydrogen-bond donors (Lipinski definition) is 1. The van der Waals surface area contributed by atoms with Crippen LogP contribution in [-0.2, 0) is 0 Å². The number of carboxylic acid groups (broad SMARTS) is 1. The molecule has 0 heterocycles. The molecule has 1 aromatic carbocycles. The van der Waals surface area contributed by atoms with Crippen LogP contribution >= 0.6 is 11.6 Å². The van der Waals surface area contributed by atoms with E-state index in [-0.39, 0.29) is 11.6 Å². The number of benzene rings is 1. The van der Waals surface area contributed by atoms with E-state index in [4.69, 9.17) is 16.9 Å². The lowest BCUT2D eigenvalue weighted by atomic mass is 10.1. The zero-order chi connectivity index (χ0) is 13.7. The molecule has 5 heteroatoms. The maximum Gasteiger partial charge on any atom is 0.337 e. The number of carboxylic acids is 1. The molecule has 0 saturated carbocycles. The molecule has 1 aromatic rings. The van der Waals surface area contributed by atoms with Gasteiger partial charge in [0.05, 0.1) is 23.7 Å². The number of anilines is 1. The first kappa shape index (κ1) is 14.3. The van der Waals surface area contributed by atoms with Crippen LogP contribution in [0, 0.1) is 11.3 Å². The number of halogens is 1. The highest BCUT2D eigenvalue weighted by atomic mass is 35.5. The average Bonchev–Trinajstić information content (AvgIpc) is 2.30. The van der Waals surface area contributed by atoms with Crippen LogP contribution in [0.3, 0.4) is 0 Å². The van der Waals surface area contributed by atoms with Gasteiger partial charge in [0.15, 0.2) is 0 Å². The minimum Gasteiger partial charge on any atom is -0.478 e. The molecule has 0 amide bonds. The first-order valence-electron chi connectivity index (χ1n) is 5.63. The average molecular weight is 267 g/mol. The molecule has 0 radical (unpaired) electrons. The Morgan fingerprint density at radius 2 is 2.22 bits per heavy atom. The van der Waals surface area contributed by atoms with Crippen molar-refractivity contribution in [2.24, 2.45) is 0 Å². The minimum absolute atomic E-state index is 0.109. The van der Waals surface area contributed by atoms with Crippen molar-refractivity contribution in [3.8, 4) is 6.07 Å². The third-order valence-corrected chi connectivity index (χ3v) is 2.82. The minimum atomic E-state index is -1.02. The van der Waals surface area contributed by atoms with Gasteiger partial charge in [0.2, 0.25) is 0 Å². The molecule has 18 heavy (non-hydrogen) atoms. The Hall–Kier alpha value is -1.73. The van der Waals surface area contributed by atoms with Gasteiger partial charge in [0.25, 0.3) is 0 Å². The lowest BCUT2D eigenvalue weighted by Crippen LogP contribution is -2.32. The summed E-state index contributed by atoms with van der Waals surface area (Å²) in [6.07, 6.45) is 0.347. The standard InChI is InChI=1S/C13H15ClN2O2/c1-9(2)16(7-3-6-15)12-5-4-10(14)8-11(12)13(17)18/h4-5,8-9H,3,7H2,1-2H3,(H,17,18). The summed E-state index contributed by atoms with van der Waals surface area (Å²) in [7, 11) is 0. The van der Waals surface area contributed by atoms with E-state index in [0.29, 0.717) is 23.7 Å². The van der Waals surface area contributed by atoms with Crippen LogP contribution < -0.4 is 4.90 Å². The van der Waals surface area contributed by atoms with Gasteiger partial charge in [-0.1, -0.05) is 11.6 Å². The molecule has 0 atom stereocenters. The Labute approximate surface area is 111 Å². The van der Waals surface area contributed by atoms with Crippen LogP contribution in [0.5, 0.6) is 0 Å². The largest absolute Gasteiger partial charge is 0.478 e. The summed E-state index contributed by atoms with van der Waals surface area (Å²) in [6, 6.07) is 6.95. The quantitative estimate of drug-likeness (QED) is 0.889. The van der Waals surface area contributed by atoms with Crippen molar-refractivity contribution >= 4 is 23.3 Å². The summed E-state index contributed by atoms with van der Waals surface area (Å²) in [5, 5.41) is 18.2. The second-order valence-corrected chi connectivity index (χ2v) is 4.60. The van der Waals surface area contributed by atoms with E-state index in [9.17, 15) is 9.90 Å². The predicted molar refractivity (Wildman–Crippen MR) is 71.1 cm³/mol. The third-order valence-electron chi connectivity index (χ3n) is 2.59. The van der Waals surface area contributed by atoms with Crippen molar-refractivity contribution in [3.63, 3.8) is 0 Å². The van der Waals surface area contributed by atoms with Crippen molar-refractivity contribution in [2.45, 2.75) is 26.3 Å². The van der Waals surface area contributed by atoms with E-state index < -0.39 is 5.97 Å². The molecule has 0 spiro atoms. The zero-order valence-electron chi connectivity index (χ0n) is 10.4. The third kappa shape index (κ3) is 3.38. The van der Waals surface area contributed by atoms with Gasteiger partial charge in [-0.3, -0.25) is 0 Å². The second-order valence-electron chi connectivity index (χ2n) is 4.16. The topological polar surface area (TPSA) is 64.3 Å². The summed E-state index contributed by atoms with van der Waals surface area (Å²) >= 11 is 5.82. The fraction of sp³-hybridized carbons (Fsp3) is 0.385. The smallest absolute Gasteiger partial charge is 0.337 e. The van der Waals surface area contributed by atoms with Gasteiger partial charge in [-0.2, -0.15) is 5.26 Å². The maximum absolute atomic E-state index is 11.2. The fourth-order valence-electron chi connectivity index (χ4n) is 1.76. The van der Waals surface area contributed by atoms with Crippen molar-refractivity contribution < 1.29 is 9.90 Å². The molecule has 96 valence electrons. The molecule has 1 N–H and O–H groups in total. The van der Waals surface area contributed by atoms with Gasteiger partial charge < -0.3 is 10.0 Å². The van der Waals surface area contributed by atoms with Crippen molar-refractivity contribution in [3.05, 3.63) is 28.8 Å². The summed E-state index contributed by atoms with van der Waals surface area (Å²) in [5.41, 5.74) is 0.756. The summed E-state index contributed by atoms with van der Waals surface area (Å²) < 4.78 is 0. The zero-order valence-corrected chi connectivity index (χ0v) is 11.1. The monoisotopic (exact) mass is 266 g/mol. The van der Waals surface area contributed by atoms with E-state index in [1.807, 2.05) is 18.7 Å². The highest BCUT2D eigenvalue weighted by Crippen LogP contribution is 2.26. The molecule has 0 aliphatic rings.